The average molecular weight is 297 g/mol. The molecule has 1 atom stereocenters. The average Bonchev–Trinajstić information content (AvgIpc) is 3.00. The molecule has 20 heavy (non-hydrogen) atoms. The van der Waals surface area contributed by atoms with Crippen LogP contribution >= 0.6 is 12.4 Å². The summed E-state index contributed by atoms with van der Waals surface area (Å²) < 4.78 is 14.8. The highest BCUT2D eigenvalue weighted by Crippen LogP contribution is 2.16. The molecule has 2 N–H and O–H groups in total. The molecule has 2 heterocycles. The van der Waals surface area contributed by atoms with E-state index in [1.54, 1.807) is 18.3 Å². The number of benzene rings is 1. The molecule has 4 nitrogen and oxygen atoms in total. The number of aromatic nitrogens is 2. The molecule has 0 radical (unpaired) electrons. The maximum atomic E-state index is 12.9. The Balaban J connectivity index is 0.00000147. The summed E-state index contributed by atoms with van der Waals surface area (Å²) in [6.45, 7) is 2.77. The molecule has 0 aliphatic carbocycles. The van der Waals surface area contributed by atoms with Crippen LogP contribution in [0.15, 0.2) is 36.5 Å². The van der Waals surface area contributed by atoms with Crippen molar-refractivity contribution in [2.75, 3.05) is 13.1 Å². The van der Waals surface area contributed by atoms with E-state index in [0.717, 1.165) is 37.4 Å². The number of rotatable bonds is 3. The highest BCUT2D eigenvalue weighted by atomic mass is 35.5. The molecule has 1 aliphatic rings. The van der Waals surface area contributed by atoms with Gasteiger partial charge >= 0.3 is 0 Å². The molecule has 1 aromatic carbocycles. The molecule has 3 rings (SSSR count). The van der Waals surface area contributed by atoms with Gasteiger partial charge in [-0.15, -0.1) is 12.4 Å². The van der Waals surface area contributed by atoms with Gasteiger partial charge in [-0.05, 0) is 36.8 Å². The predicted molar refractivity (Wildman–Crippen MR) is 78.6 cm³/mol. The third-order valence-corrected chi connectivity index (χ3v) is 3.49. The van der Waals surface area contributed by atoms with E-state index in [1.807, 2.05) is 10.7 Å². The van der Waals surface area contributed by atoms with Crippen molar-refractivity contribution in [1.29, 1.82) is 0 Å². The van der Waals surface area contributed by atoms with E-state index >= 15 is 0 Å². The number of hydrogen-bond donors (Lipinski definition) is 1. The number of hydrogen-bond acceptors (Lipinski definition) is 3. The van der Waals surface area contributed by atoms with Crippen molar-refractivity contribution in [3.8, 4) is 5.69 Å². The maximum Gasteiger partial charge on any atom is 0.123 e. The monoisotopic (exact) mass is 296 g/mol. The lowest BCUT2D eigenvalue weighted by Gasteiger charge is -2.16. The van der Waals surface area contributed by atoms with Crippen LogP contribution in [0.5, 0.6) is 0 Å². The van der Waals surface area contributed by atoms with Crippen LogP contribution in [0.25, 0.3) is 5.69 Å². The Morgan fingerprint density at radius 3 is 2.65 bits per heavy atom. The van der Waals surface area contributed by atoms with Crippen LogP contribution in [-0.2, 0) is 6.54 Å². The van der Waals surface area contributed by atoms with Crippen LogP contribution in [-0.4, -0.2) is 33.8 Å². The van der Waals surface area contributed by atoms with Crippen molar-refractivity contribution in [3.63, 3.8) is 0 Å². The van der Waals surface area contributed by atoms with E-state index in [2.05, 4.69) is 10.00 Å². The second-order valence-corrected chi connectivity index (χ2v) is 4.99. The van der Waals surface area contributed by atoms with Crippen LogP contribution in [0.3, 0.4) is 0 Å². The Bertz CT molecular complexity index is 555. The second kappa shape index (κ2) is 6.35. The first kappa shape index (κ1) is 15.0. The Morgan fingerprint density at radius 1 is 1.25 bits per heavy atom. The minimum absolute atomic E-state index is 0. The normalized spacial score (nSPS) is 19.0. The van der Waals surface area contributed by atoms with E-state index in [4.69, 9.17) is 5.73 Å². The van der Waals surface area contributed by atoms with E-state index in [9.17, 15) is 4.39 Å². The van der Waals surface area contributed by atoms with Gasteiger partial charge in [-0.25, -0.2) is 9.07 Å². The third-order valence-electron chi connectivity index (χ3n) is 3.49. The minimum atomic E-state index is -0.233. The van der Waals surface area contributed by atoms with Crippen molar-refractivity contribution in [2.24, 2.45) is 5.73 Å². The molecule has 0 saturated carbocycles. The van der Waals surface area contributed by atoms with Gasteiger partial charge in [0.15, 0.2) is 0 Å². The largest absolute Gasteiger partial charge is 0.326 e. The lowest BCUT2D eigenvalue weighted by atomic mass is 10.3. The van der Waals surface area contributed by atoms with E-state index in [0.29, 0.717) is 0 Å². The van der Waals surface area contributed by atoms with Crippen molar-refractivity contribution < 1.29 is 4.39 Å². The summed E-state index contributed by atoms with van der Waals surface area (Å²) in [5, 5.41) is 4.31. The highest BCUT2D eigenvalue weighted by Gasteiger charge is 2.20. The summed E-state index contributed by atoms with van der Waals surface area (Å²) in [7, 11) is 0. The third kappa shape index (κ3) is 3.17. The Hall–Kier alpha value is -1.43. The zero-order chi connectivity index (χ0) is 13.2. The number of likely N-dealkylation sites (tertiary alicyclic amines) is 1. The SMILES string of the molecule is Cl.NC1CCN(Cc2ccnn2-c2ccc(F)cc2)C1. The molecule has 0 amide bonds. The fourth-order valence-corrected chi connectivity index (χ4v) is 2.50. The molecule has 0 spiro atoms. The lowest BCUT2D eigenvalue weighted by molar-refractivity contribution is 0.319. The van der Waals surface area contributed by atoms with Crippen LogP contribution in [0.1, 0.15) is 12.1 Å². The van der Waals surface area contributed by atoms with Crippen LogP contribution in [0, 0.1) is 5.82 Å². The van der Waals surface area contributed by atoms with Gasteiger partial charge in [0.2, 0.25) is 0 Å². The molecule has 1 unspecified atom stereocenters. The molecule has 0 bridgehead atoms. The van der Waals surface area contributed by atoms with Crippen molar-refractivity contribution >= 4 is 12.4 Å². The van der Waals surface area contributed by atoms with Crippen LogP contribution < -0.4 is 5.73 Å². The highest BCUT2D eigenvalue weighted by molar-refractivity contribution is 5.85. The number of halogens is 2. The standard InChI is InChI=1S/C14H17FN4.ClH/c15-11-1-3-13(4-2-11)19-14(5-7-17-19)10-18-8-6-12(16)9-18;/h1-5,7,12H,6,8-10,16H2;1H. The molecule has 1 aliphatic heterocycles. The molecule has 2 aromatic rings. The quantitative estimate of drug-likeness (QED) is 0.942. The van der Waals surface area contributed by atoms with Crippen molar-refractivity contribution in [1.82, 2.24) is 14.7 Å². The van der Waals surface area contributed by atoms with Gasteiger partial charge < -0.3 is 5.73 Å². The maximum absolute atomic E-state index is 12.9. The first-order chi connectivity index (χ1) is 9.22. The number of nitrogens with two attached hydrogens (primary N) is 1. The summed E-state index contributed by atoms with van der Waals surface area (Å²) in [5.74, 6) is -0.233. The lowest BCUT2D eigenvalue weighted by Crippen LogP contribution is -2.27. The predicted octanol–water partition coefficient (Wildman–Crippen LogP) is 1.97. The minimum Gasteiger partial charge on any atom is -0.326 e. The molecule has 1 aromatic heterocycles. The molecule has 6 heteroatoms. The van der Waals surface area contributed by atoms with Gasteiger partial charge in [0.05, 0.1) is 11.4 Å². The Kier molecular flexibility index (Phi) is 4.75. The van der Waals surface area contributed by atoms with Crippen molar-refractivity contribution in [3.05, 3.63) is 48.0 Å². The topological polar surface area (TPSA) is 47.1 Å². The van der Waals surface area contributed by atoms with Gasteiger partial charge in [0.25, 0.3) is 0 Å². The Labute approximate surface area is 123 Å². The molecule has 108 valence electrons. The fraction of sp³-hybridized carbons (Fsp3) is 0.357. The van der Waals surface area contributed by atoms with Crippen LogP contribution in [0.4, 0.5) is 4.39 Å². The second-order valence-electron chi connectivity index (χ2n) is 4.99. The van der Waals surface area contributed by atoms with E-state index in [-0.39, 0.29) is 24.3 Å². The zero-order valence-corrected chi connectivity index (χ0v) is 11.9. The summed E-state index contributed by atoms with van der Waals surface area (Å²) in [5.41, 5.74) is 7.89. The van der Waals surface area contributed by atoms with Gasteiger partial charge in [0, 0.05) is 31.9 Å². The number of nitrogens with zero attached hydrogens (tertiary/aromatic N) is 3. The molecule has 1 saturated heterocycles. The summed E-state index contributed by atoms with van der Waals surface area (Å²) in [6, 6.07) is 8.65. The molecular formula is C14H18ClFN4. The first-order valence-corrected chi connectivity index (χ1v) is 6.49. The van der Waals surface area contributed by atoms with Crippen LogP contribution in [0.2, 0.25) is 0 Å². The Morgan fingerprint density at radius 2 is 2.00 bits per heavy atom. The van der Waals surface area contributed by atoms with Gasteiger partial charge in [-0.2, -0.15) is 5.10 Å². The molecular weight excluding hydrogens is 279 g/mol. The summed E-state index contributed by atoms with van der Waals surface area (Å²) in [6.07, 6.45) is 2.82. The van der Waals surface area contributed by atoms with Gasteiger partial charge in [-0.1, -0.05) is 0 Å². The van der Waals surface area contributed by atoms with Gasteiger partial charge in [0.1, 0.15) is 5.82 Å². The summed E-state index contributed by atoms with van der Waals surface area (Å²) in [4.78, 5) is 2.32. The smallest absolute Gasteiger partial charge is 0.123 e. The van der Waals surface area contributed by atoms with E-state index < -0.39 is 0 Å². The van der Waals surface area contributed by atoms with Gasteiger partial charge in [-0.3, -0.25) is 4.90 Å². The molecule has 1 fully saturated rings. The zero-order valence-electron chi connectivity index (χ0n) is 11.1. The van der Waals surface area contributed by atoms with Crippen molar-refractivity contribution in [2.45, 2.75) is 19.0 Å². The van der Waals surface area contributed by atoms with E-state index in [1.165, 1.54) is 12.1 Å². The first-order valence-electron chi connectivity index (χ1n) is 6.49. The fourth-order valence-electron chi connectivity index (χ4n) is 2.50. The summed E-state index contributed by atoms with van der Waals surface area (Å²) >= 11 is 0.